The third-order valence-electron chi connectivity index (χ3n) is 5.32. The monoisotopic (exact) mass is 395 g/mol. The van der Waals surface area contributed by atoms with E-state index in [0.29, 0.717) is 6.54 Å². The second-order valence-electron chi connectivity index (χ2n) is 7.50. The van der Waals surface area contributed by atoms with Crippen LogP contribution in [0, 0.1) is 20.8 Å². The third-order valence-corrected chi connectivity index (χ3v) is 5.32. The smallest absolute Gasteiger partial charge is 0.266 e. The molecule has 0 fully saturated rings. The Morgan fingerprint density at radius 3 is 2.46 bits per heavy atom. The van der Waals surface area contributed by atoms with Crippen LogP contribution in [-0.2, 0) is 24.3 Å². The number of aryl methyl sites for hydroxylation is 3. The Hall–Kier alpha value is -2.59. The van der Waals surface area contributed by atoms with Crippen molar-refractivity contribution in [2.75, 3.05) is 5.32 Å². The number of benzene rings is 2. The number of nitrogens with one attached hydrogen (secondary N) is 1. The molecule has 0 saturated carbocycles. The molecule has 146 valence electrons. The van der Waals surface area contributed by atoms with E-state index in [1.165, 1.54) is 22.6 Å². The van der Waals surface area contributed by atoms with Gasteiger partial charge in [0.2, 0.25) is 0 Å². The molecule has 4 rings (SSSR count). The van der Waals surface area contributed by atoms with Crippen molar-refractivity contribution in [1.29, 1.82) is 0 Å². The fourth-order valence-corrected chi connectivity index (χ4v) is 4.20. The summed E-state index contributed by atoms with van der Waals surface area (Å²) in [5.41, 5.74) is 6.76. The molecule has 1 aliphatic heterocycles. The highest BCUT2D eigenvalue weighted by Crippen LogP contribution is 2.25. The summed E-state index contributed by atoms with van der Waals surface area (Å²) in [4.78, 5) is 12.8. The minimum Gasteiger partial charge on any atom is -1.00 e. The number of hydrogen-bond donors (Lipinski definition) is 1. The molecule has 0 saturated heterocycles. The third kappa shape index (κ3) is 3.83. The lowest BCUT2D eigenvalue weighted by atomic mass is 10.1. The highest BCUT2D eigenvalue weighted by Gasteiger charge is 2.29. The summed E-state index contributed by atoms with van der Waals surface area (Å²) in [5.74, 6) is 1.26. The van der Waals surface area contributed by atoms with Crippen LogP contribution in [-0.4, -0.2) is 10.5 Å². The second-order valence-corrected chi connectivity index (χ2v) is 7.50. The summed E-state index contributed by atoms with van der Waals surface area (Å²) >= 11 is 0. The molecule has 1 aromatic heterocycles. The normalized spacial score (nSPS) is 12.4. The van der Waals surface area contributed by atoms with Gasteiger partial charge >= 0.3 is 0 Å². The number of carbonyl (C=O) groups excluding carboxylic acids is 1. The zero-order chi connectivity index (χ0) is 19.0. The maximum atomic E-state index is 12.8. The van der Waals surface area contributed by atoms with Crippen LogP contribution in [0.5, 0.6) is 0 Å². The SMILES string of the molecule is Cc1cc(C)c(NC(=O)C[n+]2cc(-c3ccccc3)n3c2CCC3)c(C)c1.[Cl-]. The summed E-state index contributed by atoms with van der Waals surface area (Å²) in [6.07, 6.45) is 4.27. The van der Waals surface area contributed by atoms with Gasteiger partial charge in [0.25, 0.3) is 11.7 Å². The highest BCUT2D eigenvalue weighted by molar-refractivity contribution is 5.91. The van der Waals surface area contributed by atoms with Crippen molar-refractivity contribution in [1.82, 2.24) is 4.57 Å². The molecule has 3 aromatic rings. The van der Waals surface area contributed by atoms with E-state index in [-0.39, 0.29) is 18.3 Å². The van der Waals surface area contributed by atoms with E-state index in [2.05, 4.69) is 64.0 Å². The number of imidazole rings is 1. The van der Waals surface area contributed by atoms with Crippen LogP contribution in [0.1, 0.15) is 28.9 Å². The van der Waals surface area contributed by atoms with E-state index in [1.807, 2.05) is 19.9 Å². The molecule has 0 unspecified atom stereocenters. The van der Waals surface area contributed by atoms with E-state index in [4.69, 9.17) is 0 Å². The molecule has 2 heterocycles. The lowest BCUT2D eigenvalue weighted by Gasteiger charge is -2.12. The molecule has 0 atom stereocenters. The minimum atomic E-state index is 0. The predicted octanol–water partition coefficient (Wildman–Crippen LogP) is 0.957. The number of rotatable bonds is 4. The van der Waals surface area contributed by atoms with Crippen LogP contribution in [0.2, 0.25) is 0 Å². The number of hydrogen-bond acceptors (Lipinski definition) is 1. The summed E-state index contributed by atoms with van der Waals surface area (Å²) in [6, 6.07) is 14.6. The maximum absolute atomic E-state index is 12.8. The summed E-state index contributed by atoms with van der Waals surface area (Å²) in [5, 5.41) is 3.13. The first-order valence-electron chi connectivity index (χ1n) is 9.58. The predicted molar refractivity (Wildman–Crippen MR) is 108 cm³/mol. The number of fused-ring (bicyclic) bond motifs is 1. The number of anilines is 1. The fraction of sp³-hybridized carbons (Fsp3) is 0.304. The van der Waals surface area contributed by atoms with Gasteiger partial charge in [-0.1, -0.05) is 48.0 Å². The molecule has 0 spiro atoms. The second kappa shape index (κ2) is 8.19. The lowest BCUT2D eigenvalue weighted by molar-refractivity contribution is -0.690. The highest BCUT2D eigenvalue weighted by atomic mass is 35.5. The first-order valence-corrected chi connectivity index (χ1v) is 9.58. The number of aromatic nitrogens is 2. The summed E-state index contributed by atoms with van der Waals surface area (Å²) in [6.45, 7) is 7.54. The van der Waals surface area contributed by atoms with Gasteiger partial charge in [0.15, 0.2) is 12.2 Å². The average Bonchev–Trinajstić information content (AvgIpc) is 3.23. The van der Waals surface area contributed by atoms with E-state index in [0.717, 1.165) is 36.2 Å². The summed E-state index contributed by atoms with van der Waals surface area (Å²) < 4.78 is 4.47. The van der Waals surface area contributed by atoms with Crippen LogP contribution in [0.4, 0.5) is 5.69 Å². The van der Waals surface area contributed by atoms with Crippen molar-refractivity contribution in [2.24, 2.45) is 0 Å². The molecule has 2 aromatic carbocycles. The lowest BCUT2D eigenvalue weighted by Crippen LogP contribution is -3.00. The zero-order valence-electron chi connectivity index (χ0n) is 16.6. The minimum absolute atomic E-state index is 0. The zero-order valence-corrected chi connectivity index (χ0v) is 17.4. The fourth-order valence-electron chi connectivity index (χ4n) is 4.20. The van der Waals surface area contributed by atoms with Gasteiger partial charge in [0.05, 0.1) is 13.0 Å². The van der Waals surface area contributed by atoms with E-state index < -0.39 is 0 Å². The van der Waals surface area contributed by atoms with Gasteiger partial charge in [-0.3, -0.25) is 4.79 Å². The molecule has 1 aliphatic rings. The Labute approximate surface area is 172 Å². The van der Waals surface area contributed by atoms with Crippen molar-refractivity contribution in [3.05, 3.63) is 71.2 Å². The molecule has 5 heteroatoms. The Bertz CT molecular complexity index is 985. The van der Waals surface area contributed by atoms with Gasteiger partial charge in [0, 0.05) is 11.3 Å². The van der Waals surface area contributed by atoms with E-state index >= 15 is 0 Å². The largest absolute Gasteiger partial charge is 1.00 e. The quantitative estimate of drug-likeness (QED) is 0.656. The number of nitrogens with zero attached hydrogens (tertiary/aromatic N) is 2. The maximum Gasteiger partial charge on any atom is 0.266 e. The Balaban J connectivity index is 0.00000225. The Morgan fingerprint density at radius 1 is 1.11 bits per heavy atom. The molecule has 4 nitrogen and oxygen atoms in total. The number of halogens is 1. The van der Waals surface area contributed by atoms with Crippen molar-refractivity contribution in [3.63, 3.8) is 0 Å². The summed E-state index contributed by atoms with van der Waals surface area (Å²) in [7, 11) is 0. The molecule has 0 radical (unpaired) electrons. The molecule has 0 aliphatic carbocycles. The van der Waals surface area contributed by atoms with Gasteiger partial charge in [-0.15, -0.1) is 0 Å². The molecule has 28 heavy (non-hydrogen) atoms. The van der Waals surface area contributed by atoms with Crippen molar-refractivity contribution in [3.8, 4) is 11.3 Å². The van der Waals surface area contributed by atoms with Gasteiger partial charge in [0.1, 0.15) is 6.20 Å². The molecule has 0 bridgehead atoms. The average molecular weight is 396 g/mol. The van der Waals surface area contributed by atoms with E-state index in [1.54, 1.807) is 0 Å². The Kier molecular flexibility index (Phi) is 5.90. The first kappa shape index (κ1) is 20.2. The van der Waals surface area contributed by atoms with Crippen LogP contribution in [0.25, 0.3) is 11.3 Å². The molecular weight excluding hydrogens is 370 g/mol. The first-order chi connectivity index (χ1) is 13.0. The molecular formula is C23H26ClN3O. The standard InChI is InChI=1S/C23H25N3O.ClH/c1-16-12-17(2)23(18(3)13-16)24-21(27)15-25-14-20(19-8-5-4-6-9-19)26-11-7-10-22(25)26;/h4-6,8-9,12-14H,7,10-11,15H2,1-3H3;1H. The van der Waals surface area contributed by atoms with Crippen LogP contribution in [0.15, 0.2) is 48.7 Å². The number of carbonyl (C=O) groups is 1. The van der Waals surface area contributed by atoms with Gasteiger partial charge in [-0.2, -0.15) is 0 Å². The molecule has 1 amide bonds. The van der Waals surface area contributed by atoms with Crippen LogP contribution in [0.3, 0.4) is 0 Å². The Morgan fingerprint density at radius 2 is 1.79 bits per heavy atom. The topological polar surface area (TPSA) is 37.9 Å². The van der Waals surface area contributed by atoms with Gasteiger partial charge < -0.3 is 17.7 Å². The van der Waals surface area contributed by atoms with Crippen molar-refractivity contribution in [2.45, 2.75) is 46.7 Å². The van der Waals surface area contributed by atoms with Crippen LogP contribution >= 0.6 is 0 Å². The van der Waals surface area contributed by atoms with Gasteiger partial charge in [-0.05, 0) is 38.3 Å². The number of amides is 1. The van der Waals surface area contributed by atoms with Crippen molar-refractivity contribution >= 4 is 11.6 Å². The molecule has 1 N–H and O–H groups in total. The van der Waals surface area contributed by atoms with E-state index in [9.17, 15) is 4.79 Å². The van der Waals surface area contributed by atoms with Crippen LogP contribution < -0.4 is 22.3 Å². The van der Waals surface area contributed by atoms with Gasteiger partial charge in [-0.25, -0.2) is 9.13 Å². The van der Waals surface area contributed by atoms with Crippen molar-refractivity contribution < 1.29 is 21.8 Å².